The summed E-state index contributed by atoms with van der Waals surface area (Å²) in [6.45, 7) is 0. The molecular formula is H10Cl3FeNa2O8S2. The summed E-state index contributed by atoms with van der Waals surface area (Å²) >= 11 is 1.91. The maximum absolute atomic E-state index is 8.89. The first-order valence-electron chi connectivity index (χ1n) is 1.07. The van der Waals surface area contributed by atoms with Gasteiger partial charge in [-0.05, 0) is 11.2 Å². The summed E-state index contributed by atoms with van der Waals surface area (Å²) < 4.78 is 26.7. The topological polar surface area (TPSA) is 221 Å². The molecule has 0 saturated carbocycles. The minimum absolute atomic E-state index is 0. The van der Waals surface area contributed by atoms with Gasteiger partial charge in [-0.1, -0.05) is 0 Å². The van der Waals surface area contributed by atoms with Crippen LogP contribution in [0, 0.1) is 0 Å². The summed E-state index contributed by atoms with van der Waals surface area (Å²) in [5, 5.41) is 0. The monoisotopic (exact) mass is 409 g/mol. The zero-order valence-electron chi connectivity index (χ0n) is 8.03. The average molecular weight is 410 g/mol. The van der Waals surface area contributed by atoms with Gasteiger partial charge in [0.25, 0.3) is 0 Å². The Bertz CT molecular complexity index is 143. The van der Waals surface area contributed by atoms with Crippen molar-refractivity contribution in [2.24, 2.45) is 0 Å². The molecule has 0 aliphatic rings. The summed E-state index contributed by atoms with van der Waals surface area (Å²) in [5.41, 5.74) is 0. The largest absolute Gasteiger partial charge is 1.00 e. The van der Waals surface area contributed by atoms with Crippen LogP contribution in [0.1, 0.15) is 0 Å². The molecule has 0 aliphatic carbocycles. The predicted octanol–water partition coefficient (Wildman–Crippen LogP) is -9.06. The van der Waals surface area contributed by atoms with Crippen LogP contribution in [0.3, 0.4) is 0 Å². The number of hydrogen-bond donors (Lipinski definition) is 0. The van der Waals surface area contributed by atoms with E-state index in [1.165, 1.54) is 0 Å². The first-order chi connectivity index (χ1) is 3.73. The van der Waals surface area contributed by atoms with Crippen LogP contribution in [0.15, 0.2) is 0 Å². The van der Waals surface area contributed by atoms with Gasteiger partial charge in [-0.15, -0.1) is 9.05 Å². The van der Waals surface area contributed by atoms with Gasteiger partial charge < -0.3 is 36.5 Å². The van der Waals surface area contributed by atoms with Crippen molar-refractivity contribution in [2.75, 3.05) is 0 Å². The molecule has 0 atom stereocenters. The van der Waals surface area contributed by atoms with E-state index in [4.69, 9.17) is 43.6 Å². The second-order valence-electron chi connectivity index (χ2n) is 0.560. The van der Waals surface area contributed by atoms with Crippen molar-refractivity contribution in [2.45, 2.75) is 0 Å². The van der Waals surface area contributed by atoms with Gasteiger partial charge in [0.1, 0.15) is 0 Å². The van der Waals surface area contributed by atoms with Gasteiger partial charge in [-0.3, -0.25) is 4.21 Å². The molecule has 101 valence electrons. The molecule has 0 fully saturated rings. The van der Waals surface area contributed by atoms with Crippen molar-refractivity contribution in [3.63, 3.8) is 0 Å². The zero-order valence-corrected chi connectivity index (χ0v) is 17.0. The minimum Gasteiger partial charge on any atom is 1.00 e. The van der Waals surface area contributed by atoms with Gasteiger partial charge in [0.05, 0.1) is 0 Å². The third-order valence-electron chi connectivity index (χ3n) is 0. The van der Waals surface area contributed by atoms with Gasteiger partial charge >= 0.3 is 101 Å². The van der Waals surface area contributed by atoms with Crippen molar-refractivity contribution in [3.8, 4) is 0 Å². The molecule has 16 heavy (non-hydrogen) atoms. The molecule has 8 nitrogen and oxygen atoms in total. The summed E-state index contributed by atoms with van der Waals surface area (Å²) in [7, 11) is 10.3. The summed E-state index contributed by atoms with van der Waals surface area (Å²) in [5.74, 6) is 0. The molecular weight excluding hydrogens is 400 g/mol. The summed E-state index contributed by atoms with van der Waals surface area (Å²) in [6, 6.07) is 0. The van der Waals surface area contributed by atoms with Gasteiger partial charge in [0.15, 0.2) is 0 Å². The Morgan fingerprint density at radius 3 is 0.875 bits per heavy atom. The Kier molecular flexibility index (Phi) is 137. The molecule has 10 N–H and O–H groups in total. The van der Waals surface area contributed by atoms with E-state index in [9.17, 15) is 0 Å². The fourth-order valence-electron chi connectivity index (χ4n) is 0. The molecule has 0 aromatic heterocycles. The van der Waals surface area contributed by atoms with Crippen LogP contribution in [0.25, 0.3) is 0 Å². The molecule has 0 rings (SSSR count). The summed E-state index contributed by atoms with van der Waals surface area (Å²) in [6.07, 6.45) is 0. The van der Waals surface area contributed by atoms with Crippen LogP contribution in [-0.2, 0) is 31.4 Å². The summed E-state index contributed by atoms with van der Waals surface area (Å²) in [4.78, 5) is 0. The van der Waals surface area contributed by atoms with E-state index in [-0.39, 0.29) is 86.5 Å². The number of rotatable bonds is 0. The van der Waals surface area contributed by atoms with E-state index in [0.717, 1.165) is 0 Å². The maximum Gasteiger partial charge on any atom is 1.00 e. The molecule has 0 bridgehead atoms. The Morgan fingerprint density at radius 2 is 0.875 bits per heavy atom. The van der Waals surface area contributed by atoms with Crippen LogP contribution < -0.4 is 59.1 Å². The number of hydrogen-bond acceptors (Lipinski definition) is 4. The molecule has 0 amide bonds. The van der Waals surface area contributed by atoms with Crippen molar-refractivity contribution >= 4 is 50.5 Å². The first kappa shape index (κ1) is 60.6. The standard InChI is InChI=1S/3ClH.Fe.2Na.H2O3S2.5H2O/c;;;;;;1-5(2,3)4;;;;;/h3*1H;;;;(H2,1,2,3,4);5*1H2/q;;;+3;2*+1;;;;;;/p-5. The molecule has 0 saturated heterocycles. The zero-order chi connectivity index (χ0) is 8.08. The van der Waals surface area contributed by atoms with E-state index in [0.29, 0.717) is 0 Å². The molecule has 16 heteroatoms. The fraction of sp³-hybridized carbons (Fsp3) is 0. The second-order valence-corrected chi connectivity index (χ2v) is 8.07. The van der Waals surface area contributed by atoms with Crippen LogP contribution >= 0.6 is 30.3 Å². The van der Waals surface area contributed by atoms with Gasteiger partial charge in [-0.2, -0.15) is 0 Å². The van der Waals surface area contributed by atoms with E-state index >= 15 is 0 Å². The Morgan fingerprint density at radius 1 is 0.875 bits per heavy atom. The Labute approximate surface area is 159 Å². The van der Waals surface area contributed by atoms with Crippen LogP contribution in [-0.4, -0.2) is 40.7 Å². The van der Waals surface area contributed by atoms with Crippen LogP contribution in [0.4, 0.5) is 0 Å². The van der Waals surface area contributed by atoms with Gasteiger partial charge in [0.2, 0.25) is 0 Å². The SMILES string of the molecule is O.O.O.O.O.O=S([O-])([O-])=S.[Cl][Fe]([Cl])[Cl].[Na+].[Na+]. The molecule has 0 unspecified atom stereocenters. The second kappa shape index (κ2) is 36.3. The number of halogens is 3. The molecule has 0 spiro atoms. The van der Waals surface area contributed by atoms with Crippen molar-refractivity contribution < 1.29 is 111 Å². The molecule has 0 radical (unpaired) electrons. The third kappa shape index (κ3) is 392. The third-order valence-corrected chi connectivity index (χ3v) is 0. The normalized spacial score (nSPS) is 6.44. The molecule has 0 aromatic rings. The molecule has 0 heterocycles. The molecule has 0 aliphatic heterocycles. The average Bonchev–Trinajstić information content (AvgIpc) is 1.19. The molecule has 0 aromatic carbocycles. The fourth-order valence-corrected chi connectivity index (χ4v) is 0. The first-order valence-corrected chi connectivity index (χ1v) is 7.96. The van der Waals surface area contributed by atoms with E-state index in [2.05, 4.69) is 11.2 Å². The Hall–Kier alpha value is 3.48. The van der Waals surface area contributed by atoms with Crippen molar-refractivity contribution in [1.29, 1.82) is 0 Å². The maximum atomic E-state index is 8.89. The van der Waals surface area contributed by atoms with Crippen LogP contribution in [0.2, 0.25) is 0 Å². The quantitative estimate of drug-likeness (QED) is 0.355. The smallest absolute Gasteiger partial charge is 1.00 e. The van der Waals surface area contributed by atoms with E-state index in [1.807, 2.05) is 0 Å². The van der Waals surface area contributed by atoms with Crippen LogP contribution in [0.5, 0.6) is 0 Å². The van der Waals surface area contributed by atoms with E-state index in [1.54, 1.807) is 0 Å². The van der Waals surface area contributed by atoms with Gasteiger partial charge in [0, 0.05) is 0 Å². The minimum atomic E-state index is -4.33. The van der Waals surface area contributed by atoms with Crippen molar-refractivity contribution in [1.82, 2.24) is 0 Å². The van der Waals surface area contributed by atoms with E-state index < -0.39 is 20.2 Å². The van der Waals surface area contributed by atoms with Gasteiger partial charge in [-0.25, -0.2) is 0 Å². The Balaban J connectivity index is -0.00000000614. The predicted molar refractivity (Wildman–Crippen MR) is 52.7 cm³/mol. The van der Waals surface area contributed by atoms with Crippen molar-refractivity contribution in [3.05, 3.63) is 0 Å².